The number of benzene rings is 1. The Kier molecular flexibility index (Phi) is 4.04. The Hall–Kier alpha value is -2.35. The van der Waals surface area contributed by atoms with Crippen molar-refractivity contribution in [3.63, 3.8) is 0 Å². The molecular formula is C12H13FN4O3. The molecule has 0 fully saturated rings. The third-order valence-corrected chi connectivity index (χ3v) is 2.81. The Morgan fingerprint density at radius 1 is 1.45 bits per heavy atom. The summed E-state index contributed by atoms with van der Waals surface area (Å²) in [5, 5.41) is 27.9. The first kappa shape index (κ1) is 14.1. The molecule has 0 radical (unpaired) electrons. The van der Waals surface area contributed by atoms with E-state index >= 15 is 0 Å². The van der Waals surface area contributed by atoms with Crippen LogP contribution in [0.15, 0.2) is 18.2 Å². The lowest BCUT2D eigenvalue weighted by Gasteiger charge is -2.08. The molecule has 0 atom stereocenters. The van der Waals surface area contributed by atoms with Crippen molar-refractivity contribution in [3.8, 4) is 11.4 Å². The molecule has 0 spiro atoms. The van der Waals surface area contributed by atoms with Crippen LogP contribution in [-0.4, -0.2) is 24.8 Å². The summed E-state index contributed by atoms with van der Waals surface area (Å²) < 4.78 is 14.8. The number of aliphatic hydroxyl groups excluding tert-OH is 1. The minimum absolute atomic E-state index is 0.178. The molecule has 20 heavy (non-hydrogen) atoms. The summed E-state index contributed by atoms with van der Waals surface area (Å²) in [6.45, 7) is 2.11. The van der Waals surface area contributed by atoms with Crippen molar-refractivity contribution in [2.24, 2.45) is 0 Å². The molecule has 2 rings (SSSR count). The van der Waals surface area contributed by atoms with Gasteiger partial charge in [-0.15, -0.1) is 10.2 Å². The van der Waals surface area contributed by atoms with Crippen molar-refractivity contribution in [2.75, 3.05) is 0 Å². The fraction of sp³-hybridized carbons (Fsp3) is 0.333. The van der Waals surface area contributed by atoms with Crippen molar-refractivity contribution in [2.45, 2.75) is 26.5 Å². The minimum Gasteiger partial charge on any atom is -0.388 e. The molecule has 0 aliphatic heterocycles. The molecule has 0 unspecified atom stereocenters. The number of nitro benzene ring substituents is 1. The highest BCUT2D eigenvalue weighted by molar-refractivity contribution is 5.68. The summed E-state index contributed by atoms with van der Waals surface area (Å²) in [4.78, 5) is 10.4. The molecule has 1 aromatic carbocycles. The smallest absolute Gasteiger partial charge is 0.283 e. The topological polar surface area (TPSA) is 94.1 Å². The second kappa shape index (κ2) is 5.74. The van der Waals surface area contributed by atoms with E-state index in [2.05, 4.69) is 10.2 Å². The number of hydrogen-bond donors (Lipinski definition) is 1. The maximum Gasteiger partial charge on any atom is 0.283 e. The lowest BCUT2D eigenvalue weighted by Crippen LogP contribution is -2.06. The number of nitro groups is 1. The van der Waals surface area contributed by atoms with Gasteiger partial charge in [-0.2, -0.15) is 0 Å². The Bertz CT molecular complexity index is 642. The SMILES string of the molecule is CCCn1c(CO)nnc1-c1ccc(F)cc1[N+](=O)[O-]. The fourth-order valence-corrected chi connectivity index (χ4v) is 1.96. The third-order valence-electron chi connectivity index (χ3n) is 2.81. The molecule has 8 heteroatoms. The van der Waals surface area contributed by atoms with E-state index in [1.165, 1.54) is 6.07 Å². The maximum absolute atomic E-state index is 13.2. The van der Waals surface area contributed by atoms with Gasteiger partial charge in [-0.3, -0.25) is 10.1 Å². The van der Waals surface area contributed by atoms with Gasteiger partial charge in [0.1, 0.15) is 12.4 Å². The molecule has 0 saturated carbocycles. The number of aromatic nitrogens is 3. The summed E-state index contributed by atoms with van der Waals surface area (Å²) in [6, 6.07) is 3.27. The molecule has 0 saturated heterocycles. The fourth-order valence-electron chi connectivity index (χ4n) is 1.96. The van der Waals surface area contributed by atoms with Gasteiger partial charge in [-0.05, 0) is 18.6 Å². The van der Waals surface area contributed by atoms with Crippen molar-refractivity contribution >= 4 is 5.69 Å². The highest BCUT2D eigenvalue weighted by atomic mass is 19.1. The van der Waals surface area contributed by atoms with Crippen LogP contribution in [0.5, 0.6) is 0 Å². The number of rotatable bonds is 5. The highest BCUT2D eigenvalue weighted by Crippen LogP contribution is 2.29. The van der Waals surface area contributed by atoms with Gasteiger partial charge in [0.15, 0.2) is 11.6 Å². The Morgan fingerprint density at radius 3 is 2.80 bits per heavy atom. The van der Waals surface area contributed by atoms with Gasteiger partial charge in [0, 0.05) is 6.54 Å². The molecule has 0 aliphatic carbocycles. The lowest BCUT2D eigenvalue weighted by atomic mass is 10.1. The third kappa shape index (κ3) is 2.50. The van der Waals surface area contributed by atoms with E-state index in [0.717, 1.165) is 18.6 Å². The Labute approximate surface area is 113 Å². The maximum atomic E-state index is 13.2. The molecular weight excluding hydrogens is 267 g/mol. The number of aliphatic hydroxyl groups is 1. The monoisotopic (exact) mass is 280 g/mol. The van der Waals surface area contributed by atoms with E-state index in [1.54, 1.807) is 4.57 Å². The summed E-state index contributed by atoms with van der Waals surface area (Å²) in [5.74, 6) is -0.118. The van der Waals surface area contributed by atoms with Crippen molar-refractivity contribution in [1.82, 2.24) is 14.8 Å². The van der Waals surface area contributed by atoms with Crippen LogP contribution in [0.1, 0.15) is 19.2 Å². The molecule has 0 amide bonds. The molecule has 1 aromatic heterocycles. The van der Waals surface area contributed by atoms with E-state index in [4.69, 9.17) is 0 Å². The summed E-state index contributed by atoms with van der Waals surface area (Å²) in [5.41, 5.74) is -0.198. The van der Waals surface area contributed by atoms with Crippen LogP contribution in [0.2, 0.25) is 0 Å². The van der Waals surface area contributed by atoms with E-state index in [1.807, 2.05) is 6.92 Å². The summed E-state index contributed by atoms with van der Waals surface area (Å²) in [7, 11) is 0. The molecule has 1 N–H and O–H groups in total. The molecule has 0 aliphatic rings. The Morgan fingerprint density at radius 2 is 2.20 bits per heavy atom. The zero-order valence-corrected chi connectivity index (χ0v) is 10.8. The number of hydrogen-bond acceptors (Lipinski definition) is 5. The quantitative estimate of drug-likeness (QED) is 0.666. The average molecular weight is 280 g/mol. The predicted molar refractivity (Wildman–Crippen MR) is 68.3 cm³/mol. The largest absolute Gasteiger partial charge is 0.388 e. The van der Waals surface area contributed by atoms with Crippen LogP contribution >= 0.6 is 0 Å². The van der Waals surface area contributed by atoms with Gasteiger partial charge >= 0.3 is 0 Å². The van der Waals surface area contributed by atoms with Gasteiger partial charge in [-0.25, -0.2) is 4.39 Å². The van der Waals surface area contributed by atoms with Gasteiger partial charge in [0.05, 0.1) is 16.6 Å². The van der Waals surface area contributed by atoms with Crippen molar-refractivity contribution in [3.05, 3.63) is 40.0 Å². The van der Waals surface area contributed by atoms with E-state index in [0.29, 0.717) is 12.4 Å². The summed E-state index contributed by atoms with van der Waals surface area (Å²) >= 11 is 0. The molecule has 0 bridgehead atoms. The van der Waals surface area contributed by atoms with Gasteiger partial charge in [0.25, 0.3) is 5.69 Å². The normalized spacial score (nSPS) is 10.8. The van der Waals surface area contributed by atoms with Gasteiger partial charge in [0.2, 0.25) is 0 Å². The highest BCUT2D eigenvalue weighted by Gasteiger charge is 2.22. The minimum atomic E-state index is -0.690. The zero-order valence-electron chi connectivity index (χ0n) is 10.8. The van der Waals surface area contributed by atoms with Gasteiger partial charge in [-0.1, -0.05) is 6.92 Å². The first-order chi connectivity index (χ1) is 9.58. The van der Waals surface area contributed by atoms with Gasteiger partial charge < -0.3 is 9.67 Å². The predicted octanol–water partition coefficient (Wildman–Crippen LogP) is 1.89. The zero-order chi connectivity index (χ0) is 14.7. The van der Waals surface area contributed by atoms with Crippen molar-refractivity contribution in [1.29, 1.82) is 0 Å². The standard InChI is InChI=1S/C12H13FN4O3/c1-2-5-16-11(7-18)14-15-12(16)9-4-3-8(13)6-10(9)17(19)20/h3-4,6,18H,2,5,7H2,1H3. The van der Waals surface area contributed by atoms with Crippen LogP contribution in [0, 0.1) is 15.9 Å². The summed E-state index contributed by atoms with van der Waals surface area (Å²) in [6.07, 6.45) is 0.743. The van der Waals surface area contributed by atoms with Crippen molar-refractivity contribution < 1.29 is 14.4 Å². The van der Waals surface area contributed by atoms with E-state index in [-0.39, 0.29) is 23.7 Å². The first-order valence-corrected chi connectivity index (χ1v) is 6.05. The molecule has 2 aromatic rings. The second-order valence-corrected chi connectivity index (χ2v) is 4.17. The average Bonchev–Trinajstić information content (AvgIpc) is 2.82. The Balaban J connectivity index is 2.62. The molecule has 1 heterocycles. The van der Waals surface area contributed by atoms with Crippen LogP contribution in [0.25, 0.3) is 11.4 Å². The van der Waals surface area contributed by atoms with E-state index in [9.17, 15) is 19.6 Å². The van der Waals surface area contributed by atoms with Crippen LogP contribution in [0.3, 0.4) is 0 Å². The van der Waals surface area contributed by atoms with Crippen LogP contribution < -0.4 is 0 Å². The van der Waals surface area contributed by atoms with Crippen LogP contribution in [0.4, 0.5) is 10.1 Å². The van der Waals surface area contributed by atoms with Crippen LogP contribution in [-0.2, 0) is 13.2 Å². The molecule has 7 nitrogen and oxygen atoms in total. The number of nitrogens with zero attached hydrogens (tertiary/aromatic N) is 4. The second-order valence-electron chi connectivity index (χ2n) is 4.17. The first-order valence-electron chi connectivity index (χ1n) is 6.05. The van der Waals surface area contributed by atoms with E-state index < -0.39 is 10.7 Å². The lowest BCUT2D eigenvalue weighted by molar-refractivity contribution is -0.384. The molecule has 106 valence electrons. The number of halogens is 1.